The second kappa shape index (κ2) is 9.62. The number of rotatable bonds is 8. The van der Waals surface area contributed by atoms with E-state index in [4.69, 9.17) is 9.15 Å². The molecule has 6 nitrogen and oxygen atoms in total. The van der Waals surface area contributed by atoms with Crippen LogP contribution in [0.2, 0.25) is 0 Å². The largest absolute Gasteiger partial charge is 0.490 e. The maximum absolute atomic E-state index is 13.4. The number of hydrogen-bond donors (Lipinski definition) is 0. The zero-order chi connectivity index (χ0) is 23.4. The highest BCUT2D eigenvalue weighted by atomic mass is 32.2. The van der Waals surface area contributed by atoms with Crippen molar-refractivity contribution in [1.29, 1.82) is 0 Å². The van der Waals surface area contributed by atoms with E-state index in [1.165, 1.54) is 12.1 Å². The summed E-state index contributed by atoms with van der Waals surface area (Å²) in [5, 5.41) is 0. The molecular formula is C25H24FNO5S. The predicted molar refractivity (Wildman–Crippen MR) is 123 cm³/mol. The first-order valence-electron chi connectivity index (χ1n) is 10.5. The molecule has 0 aliphatic carbocycles. The van der Waals surface area contributed by atoms with Gasteiger partial charge in [0.1, 0.15) is 29.7 Å². The van der Waals surface area contributed by atoms with Crippen LogP contribution in [0.4, 0.5) is 4.39 Å². The normalized spacial score (nSPS) is 16.9. The van der Waals surface area contributed by atoms with Gasteiger partial charge in [-0.15, -0.1) is 0 Å². The van der Waals surface area contributed by atoms with Crippen LogP contribution in [0.1, 0.15) is 22.5 Å². The summed E-state index contributed by atoms with van der Waals surface area (Å²) in [6.45, 7) is 4.08. The molecule has 1 unspecified atom stereocenters. The Morgan fingerprint density at radius 3 is 2.48 bits per heavy atom. The summed E-state index contributed by atoms with van der Waals surface area (Å²) < 4.78 is 48.8. The monoisotopic (exact) mass is 469 g/mol. The van der Waals surface area contributed by atoms with Crippen molar-refractivity contribution in [1.82, 2.24) is 4.90 Å². The first-order valence-corrected chi connectivity index (χ1v) is 12.4. The van der Waals surface area contributed by atoms with Crippen molar-refractivity contribution < 1.29 is 26.8 Å². The molecule has 1 atom stereocenters. The summed E-state index contributed by atoms with van der Waals surface area (Å²) in [7, 11) is -3.20. The average Bonchev–Trinajstić information content (AvgIpc) is 3.42. The predicted octanol–water partition coefficient (Wildman–Crippen LogP) is 4.48. The van der Waals surface area contributed by atoms with Crippen molar-refractivity contribution in [3.05, 3.63) is 90.5 Å². The number of amides is 1. The number of carbonyl (C=O) groups is 1. The van der Waals surface area contributed by atoms with Gasteiger partial charge >= 0.3 is 0 Å². The molecule has 2 heterocycles. The van der Waals surface area contributed by atoms with Crippen LogP contribution in [0.25, 0.3) is 11.3 Å². The van der Waals surface area contributed by atoms with Crippen molar-refractivity contribution in [2.45, 2.75) is 19.0 Å². The summed E-state index contributed by atoms with van der Waals surface area (Å²) in [6, 6.07) is 15.7. The number of furan rings is 1. The fourth-order valence-corrected chi connectivity index (χ4v) is 5.53. The van der Waals surface area contributed by atoms with Crippen molar-refractivity contribution in [2.75, 3.05) is 18.1 Å². The Labute approximate surface area is 192 Å². The fraction of sp³-hybridized carbons (Fsp3) is 0.240. The zero-order valence-corrected chi connectivity index (χ0v) is 18.8. The van der Waals surface area contributed by atoms with E-state index in [1.54, 1.807) is 59.5 Å². The lowest BCUT2D eigenvalue weighted by Gasteiger charge is -2.27. The third-order valence-electron chi connectivity index (χ3n) is 5.50. The SMILES string of the molecule is C=CCOc1ccc(C(=O)N(Cc2ccc(-c3ccc(F)cc3)o2)C2CCS(=O)(=O)C2)cc1. The molecule has 3 aromatic rings. The molecule has 4 rings (SSSR count). The quantitative estimate of drug-likeness (QED) is 0.455. The minimum atomic E-state index is -3.20. The van der Waals surface area contributed by atoms with E-state index < -0.39 is 15.9 Å². The van der Waals surface area contributed by atoms with Crippen molar-refractivity contribution in [3.63, 3.8) is 0 Å². The van der Waals surface area contributed by atoms with Crippen LogP contribution >= 0.6 is 0 Å². The second-order valence-corrected chi connectivity index (χ2v) is 10.1. The first kappa shape index (κ1) is 22.8. The van der Waals surface area contributed by atoms with Gasteiger partial charge < -0.3 is 14.1 Å². The molecule has 0 saturated carbocycles. The summed E-state index contributed by atoms with van der Waals surface area (Å²) in [6.07, 6.45) is 2.00. The minimum absolute atomic E-state index is 0.0504. The van der Waals surface area contributed by atoms with Gasteiger partial charge in [0.15, 0.2) is 9.84 Å². The van der Waals surface area contributed by atoms with E-state index in [2.05, 4.69) is 6.58 Å². The maximum Gasteiger partial charge on any atom is 0.254 e. The van der Waals surface area contributed by atoms with Crippen LogP contribution < -0.4 is 4.74 Å². The Hall–Kier alpha value is -3.39. The summed E-state index contributed by atoms with van der Waals surface area (Å²) in [4.78, 5) is 14.9. The molecule has 1 amide bonds. The zero-order valence-electron chi connectivity index (χ0n) is 17.9. The summed E-state index contributed by atoms with van der Waals surface area (Å²) >= 11 is 0. The number of benzene rings is 2. The van der Waals surface area contributed by atoms with Crippen LogP contribution in [-0.4, -0.2) is 43.4 Å². The molecule has 33 heavy (non-hydrogen) atoms. The number of carbonyl (C=O) groups excluding carboxylic acids is 1. The van der Waals surface area contributed by atoms with Crippen molar-refractivity contribution in [2.24, 2.45) is 0 Å². The summed E-state index contributed by atoms with van der Waals surface area (Å²) in [5.41, 5.74) is 1.13. The Morgan fingerprint density at radius 2 is 1.85 bits per heavy atom. The van der Waals surface area contributed by atoms with Gasteiger partial charge in [0.05, 0.1) is 18.1 Å². The van der Waals surface area contributed by atoms with Gasteiger partial charge in [-0.3, -0.25) is 4.79 Å². The lowest BCUT2D eigenvalue weighted by atomic mass is 10.1. The van der Waals surface area contributed by atoms with Crippen LogP contribution in [0.3, 0.4) is 0 Å². The van der Waals surface area contributed by atoms with Gasteiger partial charge in [-0.1, -0.05) is 12.7 Å². The molecule has 1 aliphatic rings. The molecule has 1 aliphatic heterocycles. The smallest absolute Gasteiger partial charge is 0.254 e. The Kier molecular flexibility index (Phi) is 6.65. The number of sulfone groups is 1. The highest BCUT2D eigenvalue weighted by molar-refractivity contribution is 7.91. The first-order chi connectivity index (χ1) is 15.8. The third-order valence-corrected chi connectivity index (χ3v) is 7.25. The second-order valence-electron chi connectivity index (χ2n) is 7.89. The number of halogens is 1. The molecule has 1 fully saturated rings. The van der Waals surface area contributed by atoms with E-state index in [0.717, 1.165) is 0 Å². The van der Waals surface area contributed by atoms with E-state index >= 15 is 0 Å². The molecule has 0 N–H and O–H groups in total. The highest BCUT2D eigenvalue weighted by Gasteiger charge is 2.35. The van der Waals surface area contributed by atoms with Crippen LogP contribution in [0.5, 0.6) is 5.75 Å². The summed E-state index contributed by atoms with van der Waals surface area (Å²) in [5.74, 6) is 1.01. The lowest BCUT2D eigenvalue weighted by molar-refractivity contribution is 0.0666. The van der Waals surface area contributed by atoms with Gasteiger partial charge in [0.25, 0.3) is 5.91 Å². The number of hydrogen-bond acceptors (Lipinski definition) is 5. The van der Waals surface area contributed by atoms with E-state index in [-0.39, 0.29) is 29.8 Å². The number of ether oxygens (including phenoxy) is 1. The van der Waals surface area contributed by atoms with Gasteiger partial charge in [-0.25, -0.2) is 12.8 Å². The number of nitrogens with zero attached hydrogens (tertiary/aromatic N) is 1. The molecule has 1 saturated heterocycles. The maximum atomic E-state index is 13.4. The topological polar surface area (TPSA) is 76.8 Å². The van der Waals surface area contributed by atoms with Crippen LogP contribution in [0, 0.1) is 5.82 Å². The Balaban J connectivity index is 1.57. The molecule has 2 aromatic carbocycles. The molecule has 0 spiro atoms. The molecule has 8 heteroatoms. The van der Waals surface area contributed by atoms with Gasteiger partial charge in [-0.2, -0.15) is 0 Å². The van der Waals surface area contributed by atoms with Crippen LogP contribution in [-0.2, 0) is 16.4 Å². The average molecular weight is 470 g/mol. The molecule has 0 bridgehead atoms. The Morgan fingerprint density at radius 1 is 1.12 bits per heavy atom. The van der Waals surface area contributed by atoms with E-state index in [9.17, 15) is 17.6 Å². The van der Waals surface area contributed by atoms with Crippen LogP contribution in [0.15, 0.2) is 77.7 Å². The molecule has 1 aromatic heterocycles. The minimum Gasteiger partial charge on any atom is -0.490 e. The molecule has 0 radical (unpaired) electrons. The molecular weight excluding hydrogens is 445 g/mol. The van der Waals surface area contributed by atoms with Gasteiger partial charge in [0, 0.05) is 17.2 Å². The van der Waals surface area contributed by atoms with Crippen molar-refractivity contribution >= 4 is 15.7 Å². The Bertz CT molecular complexity index is 1230. The van der Waals surface area contributed by atoms with Gasteiger partial charge in [0.2, 0.25) is 0 Å². The highest BCUT2D eigenvalue weighted by Crippen LogP contribution is 2.27. The van der Waals surface area contributed by atoms with E-state index in [0.29, 0.717) is 41.4 Å². The fourth-order valence-electron chi connectivity index (χ4n) is 3.80. The van der Waals surface area contributed by atoms with Gasteiger partial charge in [-0.05, 0) is 67.1 Å². The third kappa shape index (κ3) is 5.51. The van der Waals surface area contributed by atoms with Crippen molar-refractivity contribution in [3.8, 4) is 17.1 Å². The molecule has 172 valence electrons. The van der Waals surface area contributed by atoms with E-state index in [1.807, 2.05) is 0 Å². The lowest BCUT2D eigenvalue weighted by Crippen LogP contribution is -2.40. The standard InChI is InChI=1S/C25H24FNO5S/c1-2-14-31-22-9-5-19(6-10-22)25(28)27(21-13-15-33(29,30)17-21)16-23-11-12-24(32-23)18-3-7-20(26)8-4-18/h2-12,21H,1,13-17H2.